The highest BCUT2D eigenvalue weighted by molar-refractivity contribution is 6.29. The Morgan fingerprint density at radius 1 is 1.77 bits per heavy atom. The van der Waals surface area contributed by atoms with Crippen LogP contribution < -0.4 is 5.32 Å². The van der Waals surface area contributed by atoms with Crippen LogP contribution in [0, 0.1) is 5.92 Å². The van der Waals surface area contributed by atoms with Gasteiger partial charge < -0.3 is 10.1 Å². The highest BCUT2D eigenvalue weighted by Crippen LogP contribution is 2.18. The Morgan fingerprint density at radius 3 is 2.92 bits per heavy atom. The number of ether oxygens (including phenoxy) is 1. The second kappa shape index (κ2) is 4.63. The number of hydrogen-bond acceptors (Lipinski definition) is 2. The van der Waals surface area contributed by atoms with Crippen molar-refractivity contribution in [3.63, 3.8) is 0 Å². The first-order valence-corrected chi connectivity index (χ1v) is 4.70. The SMILES string of the molecule is C=C(Cl)CNC(=O)C1COC(C)C1. The predicted molar refractivity (Wildman–Crippen MR) is 51.5 cm³/mol. The molecule has 74 valence electrons. The van der Waals surface area contributed by atoms with Crippen molar-refractivity contribution >= 4 is 17.5 Å². The van der Waals surface area contributed by atoms with Crippen molar-refractivity contribution < 1.29 is 9.53 Å². The summed E-state index contributed by atoms with van der Waals surface area (Å²) in [5.74, 6) is -0.0165. The van der Waals surface area contributed by atoms with Crippen LogP contribution in [-0.4, -0.2) is 25.2 Å². The molecule has 1 rings (SSSR count). The summed E-state index contributed by atoms with van der Waals surface area (Å²) in [6.45, 7) is 6.31. The molecule has 0 aromatic carbocycles. The topological polar surface area (TPSA) is 38.3 Å². The van der Waals surface area contributed by atoms with Gasteiger partial charge in [-0.2, -0.15) is 0 Å². The number of carbonyl (C=O) groups is 1. The van der Waals surface area contributed by atoms with Gasteiger partial charge in [-0.1, -0.05) is 18.2 Å². The predicted octanol–water partition coefficient (Wildman–Crippen LogP) is 1.28. The van der Waals surface area contributed by atoms with Gasteiger partial charge in [0, 0.05) is 5.03 Å². The van der Waals surface area contributed by atoms with Crippen LogP contribution in [-0.2, 0) is 9.53 Å². The van der Waals surface area contributed by atoms with Gasteiger partial charge >= 0.3 is 0 Å². The van der Waals surface area contributed by atoms with Gasteiger partial charge in [0.05, 0.1) is 25.2 Å². The van der Waals surface area contributed by atoms with Crippen molar-refractivity contribution in [2.45, 2.75) is 19.4 Å². The molecule has 13 heavy (non-hydrogen) atoms. The average molecular weight is 204 g/mol. The Kier molecular flexibility index (Phi) is 3.75. The largest absolute Gasteiger partial charge is 0.378 e. The van der Waals surface area contributed by atoms with E-state index in [1.165, 1.54) is 0 Å². The quantitative estimate of drug-likeness (QED) is 0.751. The molecule has 0 aliphatic carbocycles. The van der Waals surface area contributed by atoms with Crippen LogP contribution in [0.25, 0.3) is 0 Å². The van der Waals surface area contributed by atoms with Crippen molar-refractivity contribution in [3.8, 4) is 0 Å². The van der Waals surface area contributed by atoms with Gasteiger partial charge in [-0.15, -0.1) is 0 Å². The summed E-state index contributed by atoms with van der Waals surface area (Å²) in [5.41, 5.74) is 0. The molecule has 0 saturated carbocycles. The van der Waals surface area contributed by atoms with Gasteiger partial charge in [0.1, 0.15) is 0 Å². The van der Waals surface area contributed by atoms with Gasteiger partial charge in [0.25, 0.3) is 0 Å². The van der Waals surface area contributed by atoms with E-state index >= 15 is 0 Å². The maximum Gasteiger partial charge on any atom is 0.225 e. The van der Waals surface area contributed by atoms with Crippen LogP contribution in [0.15, 0.2) is 11.6 Å². The zero-order valence-electron chi connectivity index (χ0n) is 7.68. The summed E-state index contributed by atoms with van der Waals surface area (Å²) in [5, 5.41) is 3.14. The lowest BCUT2D eigenvalue weighted by atomic mass is 10.1. The molecule has 0 radical (unpaired) electrons. The fourth-order valence-electron chi connectivity index (χ4n) is 1.33. The minimum atomic E-state index is -0.0222. The maximum absolute atomic E-state index is 11.4. The maximum atomic E-state index is 11.4. The Balaban J connectivity index is 2.27. The minimum absolute atomic E-state index is 0.00569. The molecule has 2 unspecified atom stereocenters. The van der Waals surface area contributed by atoms with E-state index in [1.807, 2.05) is 6.92 Å². The van der Waals surface area contributed by atoms with Gasteiger partial charge in [-0.25, -0.2) is 0 Å². The van der Waals surface area contributed by atoms with E-state index in [0.29, 0.717) is 18.2 Å². The summed E-state index contributed by atoms with van der Waals surface area (Å²) < 4.78 is 5.28. The molecule has 0 bridgehead atoms. The highest BCUT2D eigenvalue weighted by Gasteiger charge is 2.27. The standard InChI is InChI=1S/C9H14ClNO2/c1-6(10)4-11-9(12)8-3-7(2)13-5-8/h7-8H,1,3-5H2,2H3,(H,11,12). The summed E-state index contributed by atoms with van der Waals surface area (Å²) in [6, 6.07) is 0. The van der Waals surface area contributed by atoms with E-state index < -0.39 is 0 Å². The smallest absolute Gasteiger partial charge is 0.225 e. The number of amides is 1. The third-order valence-corrected chi connectivity index (χ3v) is 2.16. The molecular formula is C9H14ClNO2. The van der Waals surface area contributed by atoms with Crippen molar-refractivity contribution in [2.24, 2.45) is 5.92 Å². The van der Waals surface area contributed by atoms with Crippen LogP contribution >= 0.6 is 11.6 Å². The molecule has 1 amide bonds. The van der Waals surface area contributed by atoms with Crippen LogP contribution in [0.2, 0.25) is 0 Å². The van der Waals surface area contributed by atoms with E-state index in [2.05, 4.69) is 11.9 Å². The lowest BCUT2D eigenvalue weighted by molar-refractivity contribution is -0.124. The van der Waals surface area contributed by atoms with E-state index in [0.717, 1.165) is 6.42 Å². The second-order valence-corrected chi connectivity index (χ2v) is 3.85. The normalized spacial score (nSPS) is 27.2. The first-order valence-electron chi connectivity index (χ1n) is 4.32. The summed E-state index contributed by atoms with van der Waals surface area (Å²) in [7, 11) is 0. The molecule has 1 aliphatic heterocycles. The fraction of sp³-hybridized carbons (Fsp3) is 0.667. The third-order valence-electron chi connectivity index (χ3n) is 2.02. The first kappa shape index (κ1) is 10.5. The lowest BCUT2D eigenvalue weighted by Gasteiger charge is -2.07. The Labute approximate surface area is 83.1 Å². The molecule has 3 nitrogen and oxygen atoms in total. The van der Waals surface area contributed by atoms with E-state index in [9.17, 15) is 4.79 Å². The second-order valence-electron chi connectivity index (χ2n) is 3.31. The molecule has 1 heterocycles. The molecule has 1 fully saturated rings. The summed E-state index contributed by atoms with van der Waals surface area (Å²) >= 11 is 5.52. The van der Waals surface area contributed by atoms with E-state index in [-0.39, 0.29) is 17.9 Å². The Bertz CT molecular complexity index is 218. The third kappa shape index (κ3) is 3.36. The summed E-state index contributed by atoms with van der Waals surface area (Å²) in [4.78, 5) is 11.4. The van der Waals surface area contributed by atoms with Gasteiger partial charge in [0.2, 0.25) is 5.91 Å². The highest BCUT2D eigenvalue weighted by atomic mass is 35.5. The Hall–Kier alpha value is -0.540. The zero-order valence-corrected chi connectivity index (χ0v) is 8.43. The number of hydrogen-bond donors (Lipinski definition) is 1. The minimum Gasteiger partial charge on any atom is -0.378 e. The molecule has 4 heteroatoms. The summed E-state index contributed by atoms with van der Waals surface area (Å²) in [6.07, 6.45) is 0.982. The van der Waals surface area contributed by atoms with Crippen molar-refractivity contribution in [1.82, 2.24) is 5.32 Å². The molecule has 0 aromatic heterocycles. The molecule has 2 atom stereocenters. The van der Waals surface area contributed by atoms with Gasteiger partial charge in [-0.05, 0) is 13.3 Å². The number of nitrogens with one attached hydrogen (secondary N) is 1. The van der Waals surface area contributed by atoms with Crippen molar-refractivity contribution in [3.05, 3.63) is 11.6 Å². The number of rotatable bonds is 3. The van der Waals surface area contributed by atoms with Crippen LogP contribution in [0.5, 0.6) is 0 Å². The lowest BCUT2D eigenvalue weighted by Crippen LogP contribution is -2.31. The fourth-order valence-corrected chi connectivity index (χ4v) is 1.39. The first-order chi connectivity index (χ1) is 6.09. The van der Waals surface area contributed by atoms with Crippen LogP contribution in [0.4, 0.5) is 0 Å². The monoisotopic (exact) mass is 203 g/mol. The molecular weight excluding hydrogens is 190 g/mol. The van der Waals surface area contributed by atoms with Crippen molar-refractivity contribution in [1.29, 1.82) is 0 Å². The van der Waals surface area contributed by atoms with Crippen molar-refractivity contribution in [2.75, 3.05) is 13.2 Å². The van der Waals surface area contributed by atoms with E-state index in [1.54, 1.807) is 0 Å². The molecule has 0 spiro atoms. The van der Waals surface area contributed by atoms with Crippen LogP contribution in [0.1, 0.15) is 13.3 Å². The van der Waals surface area contributed by atoms with Gasteiger partial charge in [0.15, 0.2) is 0 Å². The van der Waals surface area contributed by atoms with Crippen LogP contribution in [0.3, 0.4) is 0 Å². The number of carbonyl (C=O) groups excluding carboxylic acids is 1. The zero-order chi connectivity index (χ0) is 9.84. The van der Waals surface area contributed by atoms with E-state index in [4.69, 9.17) is 16.3 Å². The molecule has 0 aromatic rings. The molecule has 1 N–H and O–H groups in total. The molecule has 1 saturated heterocycles. The van der Waals surface area contributed by atoms with Gasteiger partial charge in [-0.3, -0.25) is 4.79 Å². The molecule has 1 aliphatic rings. The number of halogens is 1. The Morgan fingerprint density at radius 2 is 2.46 bits per heavy atom. The average Bonchev–Trinajstić information content (AvgIpc) is 2.47.